The Bertz CT molecular complexity index is 261. The van der Waals surface area contributed by atoms with E-state index < -0.39 is 0 Å². The second-order valence-electron chi connectivity index (χ2n) is 5.05. The number of rotatable bonds is 6. The Morgan fingerprint density at radius 2 is 2.17 bits per heavy atom. The second-order valence-corrected chi connectivity index (χ2v) is 5.05. The highest BCUT2D eigenvalue weighted by Gasteiger charge is 2.28. The van der Waals surface area contributed by atoms with Gasteiger partial charge in [-0.15, -0.1) is 0 Å². The summed E-state index contributed by atoms with van der Waals surface area (Å²) in [5, 5.41) is 2.98. The van der Waals surface area contributed by atoms with E-state index in [9.17, 15) is 4.79 Å². The average Bonchev–Trinajstić information content (AvgIpc) is 2.83. The molecule has 0 radical (unpaired) electrons. The molecule has 18 heavy (non-hydrogen) atoms. The van der Waals surface area contributed by atoms with Crippen LogP contribution in [0.3, 0.4) is 0 Å². The van der Waals surface area contributed by atoms with Crippen LogP contribution >= 0.6 is 0 Å². The molecule has 0 saturated carbocycles. The predicted octanol–water partition coefficient (Wildman–Crippen LogP) is 1.48. The van der Waals surface area contributed by atoms with Gasteiger partial charge in [0.1, 0.15) is 0 Å². The van der Waals surface area contributed by atoms with Crippen molar-refractivity contribution in [1.82, 2.24) is 10.2 Å². The molecule has 5 nitrogen and oxygen atoms in total. The van der Waals surface area contributed by atoms with Gasteiger partial charge in [-0.3, -0.25) is 0 Å². The summed E-state index contributed by atoms with van der Waals surface area (Å²) in [5.74, 6) is 0.308. The lowest BCUT2D eigenvalue weighted by atomic mass is 10.1. The number of carbonyl (C=O) groups is 1. The van der Waals surface area contributed by atoms with Gasteiger partial charge in [0.05, 0.1) is 18.8 Å². The molecule has 3 unspecified atom stereocenters. The van der Waals surface area contributed by atoms with Crippen molar-refractivity contribution in [3.05, 3.63) is 0 Å². The average molecular weight is 258 g/mol. The normalized spacial score (nSPS) is 22.9. The lowest BCUT2D eigenvalue weighted by Gasteiger charge is -2.26. The molecule has 1 aliphatic rings. The molecule has 1 saturated heterocycles. The maximum absolute atomic E-state index is 12.1. The fraction of sp³-hybridized carbons (Fsp3) is 0.923. The Labute approximate surface area is 110 Å². The summed E-state index contributed by atoms with van der Waals surface area (Å²) in [6.45, 7) is 6.18. The molecule has 0 aliphatic carbocycles. The van der Waals surface area contributed by atoms with E-state index in [1.807, 2.05) is 11.8 Å². The van der Waals surface area contributed by atoms with Crippen LogP contribution in [-0.2, 0) is 9.47 Å². The Morgan fingerprint density at radius 3 is 2.78 bits per heavy atom. The van der Waals surface area contributed by atoms with Crippen molar-refractivity contribution in [2.24, 2.45) is 5.92 Å². The van der Waals surface area contributed by atoms with Crippen molar-refractivity contribution < 1.29 is 14.3 Å². The van der Waals surface area contributed by atoms with E-state index in [-0.39, 0.29) is 18.2 Å². The zero-order valence-electron chi connectivity index (χ0n) is 11.9. The number of carbonyl (C=O) groups excluding carboxylic acids is 1. The van der Waals surface area contributed by atoms with Crippen LogP contribution in [0.15, 0.2) is 0 Å². The summed E-state index contributed by atoms with van der Waals surface area (Å²) in [6.07, 6.45) is 2.25. The second kappa shape index (κ2) is 7.59. The monoisotopic (exact) mass is 258 g/mol. The molecule has 2 amide bonds. The maximum atomic E-state index is 12.1. The van der Waals surface area contributed by atoms with Gasteiger partial charge in [0.15, 0.2) is 0 Å². The number of nitrogens with one attached hydrogen (secondary N) is 1. The molecule has 0 aromatic rings. The van der Waals surface area contributed by atoms with Crippen molar-refractivity contribution in [3.63, 3.8) is 0 Å². The predicted molar refractivity (Wildman–Crippen MR) is 70.6 cm³/mol. The van der Waals surface area contributed by atoms with Gasteiger partial charge in [-0.1, -0.05) is 6.92 Å². The number of ether oxygens (including phenoxy) is 2. The van der Waals surface area contributed by atoms with E-state index in [0.29, 0.717) is 19.1 Å². The molecule has 0 bridgehead atoms. The van der Waals surface area contributed by atoms with Crippen LogP contribution in [0.25, 0.3) is 0 Å². The number of methoxy groups -OCH3 is 2. The molecule has 106 valence electrons. The van der Waals surface area contributed by atoms with Gasteiger partial charge >= 0.3 is 6.03 Å². The highest BCUT2D eigenvalue weighted by atomic mass is 16.5. The van der Waals surface area contributed by atoms with E-state index in [2.05, 4.69) is 12.2 Å². The summed E-state index contributed by atoms with van der Waals surface area (Å²) >= 11 is 0. The summed E-state index contributed by atoms with van der Waals surface area (Å²) in [4.78, 5) is 13.9. The van der Waals surface area contributed by atoms with Crippen LogP contribution < -0.4 is 5.32 Å². The Balaban J connectivity index is 2.36. The van der Waals surface area contributed by atoms with Crippen LogP contribution in [0.4, 0.5) is 4.79 Å². The fourth-order valence-corrected chi connectivity index (χ4v) is 2.22. The lowest BCUT2D eigenvalue weighted by molar-refractivity contribution is 0.0728. The van der Waals surface area contributed by atoms with Crippen molar-refractivity contribution in [2.75, 3.05) is 33.9 Å². The molecule has 0 spiro atoms. The third-order valence-electron chi connectivity index (χ3n) is 3.75. The fourth-order valence-electron chi connectivity index (χ4n) is 2.22. The number of urea groups is 1. The summed E-state index contributed by atoms with van der Waals surface area (Å²) < 4.78 is 10.4. The number of nitrogens with zero attached hydrogens (tertiary/aromatic N) is 1. The van der Waals surface area contributed by atoms with E-state index in [1.54, 1.807) is 14.2 Å². The third kappa shape index (κ3) is 4.14. The first-order valence-electron chi connectivity index (χ1n) is 6.66. The maximum Gasteiger partial charge on any atom is 0.317 e. The van der Waals surface area contributed by atoms with Crippen molar-refractivity contribution >= 4 is 6.03 Å². The third-order valence-corrected chi connectivity index (χ3v) is 3.75. The van der Waals surface area contributed by atoms with Gasteiger partial charge in [-0.2, -0.15) is 0 Å². The van der Waals surface area contributed by atoms with E-state index >= 15 is 0 Å². The van der Waals surface area contributed by atoms with Gasteiger partial charge < -0.3 is 19.7 Å². The first-order chi connectivity index (χ1) is 8.60. The van der Waals surface area contributed by atoms with Crippen molar-refractivity contribution in [1.29, 1.82) is 0 Å². The van der Waals surface area contributed by atoms with Crippen LogP contribution in [0, 0.1) is 5.92 Å². The zero-order chi connectivity index (χ0) is 13.5. The molecule has 3 atom stereocenters. The molecule has 5 heteroatoms. The first-order valence-corrected chi connectivity index (χ1v) is 6.66. The molecule has 0 aromatic carbocycles. The lowest BCUT2D eigenvalue weighted by Crippen LogP contribution is -2.46. The van der Waals surface area contributed by atoms with Gasteiger partial charge in [0.2, 0.25) is 0 Å². The molecular formula is C13H26N2O3. The smallest absolute Gasteiger partial charge is 0.317 e. The van der Waals surface area contributed by atoms with Crippen LogP contribution in [-0.4, -0.2) is 57.0 Å². The molecular weight excluding hydrogens is 232 g/mol. The first kappa shape index (κ1) is 15.2. The number of hydrogen-bond acceptors (Lipinski definition) is 3. The minimum Gasteiger partial charge on any atom is -0.383 e. The zero-order valence-corrected chi connectivity index (χ0v) is 11.9. The molecule has 1 heterocycles. The molecule has 1 fully saturated rings. The Hall–Kier alpha value is -0.810. The van der Waals surface area contributed by atoms with Crippen LogP contribution in [0.1, 0.15) is 26.7 Å². The Morgan fingerprint density at radius 1 is 1.44 bits per heavy atom. The van der Waals surface area contributed by atoms with Crippen LogP contribution in [0.2, 0.25) is 0 Å². The minimum absolute atomic E-state index is 0.0182. The van der Waals surface area contributed by atoms with E-state index in [0.717, 1.165) is 19.4 Å². The summed E-state index contributed by atoms with van der Waals surface area (Å²) in [7, 11) is 3.37. The molecule has 1 N–H and O–H groups in total. The van der Waals surface area contributed by atoms with Gasteiger partial charge in [-0.05, 0) is 25.7 Å². The van der Waals surface area contributed by atoms with Crippen LogP contribution in [0.5, 0.6) is 0 Å². The van der Waals surface area contributed by atoms with E-state index in [1.165, 1.54) is 0 Å². The largest absolute Gasteiger partial charge is 0.383 e. The highest BCUT2D eigenvalue weighted by molar-refractivity contribution is 5.74. The number of hydrogen-bond donors (Lipinski definition) is 1. The molecule has 1 aliphatic heterocycles. The van der Waals surface area contributed by atoms with Crippen molar-refractivity contribution in [2.45, 2.75) is 38.8 Å². The SMILES string of the molecule is COCC1CCCN1C(=O)NCC(C)C(C)OC. The topological polar surface area (TPSA) is 50.8 Å². The standard InChI is InChI=1S/C13H26N2O3/c1-10(11(2)18-4)8-14-13(16)15-7-5-6-12(15)9-17-3/h10-12H,5-9H2,1-4H3,(H,14,16). The van der Waals surface area contributed by atoms with Gasteiger partial charge in [0.25, 0.3) is 0 Å². The van der Waals surface area contributed by atoms with Gasteiger partial charge in [0, 0.05) is 27.3 Å². The number of likely N-dealkylation sites (tertiary alicyclic amines) is 1. The number of amides is 2. The van der Waals surface area contributed by atoms with Gasteiger partial charge in [-0.25, -0.2) is 4.79 Å². The molecule has 0 aromatic heterocycles. The molecule has 1 rings (SSSR count). The highest BCUT2D eigenvalue weighted by Crippen LogP contribution is 2.17. The van der Waals surface area contributed by atoms with Crippen molar-refractivity contribution in [3.8, 4) is 0 Å². The Kier molecular flexibility index (Phi) is 6.43. The summed E-state index contributed by atoms with van der Waals surface area (Å²) in [6, 6.07) is 0.245. The van der Waals surface area contributed by atoms with E-state index in [4.69, 9.17) is 9.47 Å². The quantitative estimate of drug-likeness (QED) is 0.785. The summed E-state index contributed by atoms with van der Waals surface area (Å²) in [5.41, 5.74) is 0. The minimum atomic E-state index is 0.0182.